The van der Waals surface area contributed by atoms with Crippen molar-refractivity contribution >= 4 is 17.5 Å². The lowest BCUT2D eigenvalue weighted by atomic mass is 10.1. The Morgan fingerprint density at radius 2 is 1.96 bits per heavy atom. The topological polar surface area (TPSA) is 70.9 Å². The van der Waals surface area contributed by atoms with Crippen molar-refractivity contribution in [2.24, 2.45) is 7.05 Å². The molecule has 0 atom stereocenters. The molecule has 1 aliphatic heterocycles. The highest BCUT2D eigenvalue weighted by atomic mass is 15.3. The van der Waals surface area contributed by atoms with Crippen LogP contribution >= 0.6 is 0 Å². The molecule has 0 spiro atoms. The molecule has 0 saturated carbocycles. The van der Waals surface area contributed by atoms with Gasteiger partial charge in [0.2, 0.25) is 0 Å². The highest BCUT2D eigenvalue weighted by Gasteiger charge is 2.12. The highest BCUT2D eigenvalue weighted by Crippen LogP contribution is 2.23. The minimum absolute atomic E-state index is 0.755. The Balaban J connectivity index is 1.58. The summed E-state index contributed by atoms with van der Waals surface area (Å²) in [6, 6.07) is 12.1. The average Bonchev–Trinajstić information content (AvgIpc) is 3.07. The fourth-order valence-corrected chi connectivity index (χ4v) is 2.93. The molecule has 25 heavy (non-hydrogen) atoms. The van der Waals surface area contributed by atoms with Crippen LogP contribution < -0.4 is 15.5 Å². The zero-order valence-electron chi connectivity index (χ0n) is 14.2. The van der Waals surface area contributed by atoms with E-state index in [2.05, 4.69) is 37.7 Å². The first-order valence-corrected chi connectivity index (χ1v) is 8.44. The van der Waals surface area contributed by atoms with Gasteiger partial charge in [0.05, 0.1) is 5.69 Å². The summed E-state index contributed by atoms with van der Waals surface area (Å²) in [5.41, 5.74) is 1.98. The molecule has 3 aromatic heterocycles. The Kier molecular flexibility index (Phi) is 4.30. The van der Waals surface area contributed by atoms with Gasteiger partial charge in [0.25, 0.3) is 0 Å². The highest BCUT2D eigenvalue weighted by molar-refractivity contribution is 5.66. The molecule has 1 fully saturated rings. The van der Waals surface area contributed by atoms with E-state index in [1.54, 1.807) is 10.9 Å². The quantitative estimate of drug-likeness (QED) is 0.760. The predicted molar refractivity (Wildman–Crippen MR) is 99.0 cm³/mol. The Bertz CT molecular complexity index is 852. The molecule has 128 valence electrons. The summed E-state index contributed by atoms with van der Waals surface area (Å²) in [7, 11) is 1.89. The number of piperazine rings is 1. The number of pyridine rings is 2. The van der Waals surface area contributed by atoms with E-state index in [0.717, 1.165) is 54.9 Å². The van der Waals surface area contributed by atoms with Crippen LogP contribution in [0.1, 0.15) is 0 Å². The van der Waals surface area contributed by atoms with E-state index < -0.39 is 0 Å². The van der Waals surface area contributed by atoms with Gasteiger partial charge in [-0.05, 0) is 24.3 Å². The van der Waals surface area contributed by atoms with Gasteiger partial charge >= 0.3 is 0 Å². The molecular formula is C18H21N7. The molecule has 0 aliphatic carbocycles. The number of anilines is 3. The van der Waals surface area contributed by atoms with Crippen molar-refractivity contribution in [1.82, 2.24) is 25.1 Å². The first kappa shape index (κ1) is 15.6. The second-order valence-electron chi connectivity index (χ2n) is 6.05. The number of hydrogen-bond donors (Lipinski definition) is 2. The molecule has 7 heteroatoms. The fourth-order valence-electron chi connectivity index (χ4n) is 2.93. The van der Waals surface area contributed by atoms with Gasteiger partial charge in [-0.15, -0.1) is 0 Å². The van der Waals surface area contributed by atoms with Crippen molar-refractivity contribution < 1.29 is 0 Å². The van der Waals surface area contributed by atoms with E-state index in [1.165, 1.54) is 0 Å². The molecule has 0 radical (unpaired) electrons. The maximum absolute atomic E-state index is 4.84. The normalized spacial score (nSPS) is 14.5. The molecule has 0 unspecified atom stereocenters. The second-order valence-corrected chi connectivity index (χ2v) is 6.05. The van der Waals surface area contributed by atoms with Gasteiger partial charge in [0.1, 0.15) is 11.6 Å². The van der Waals surface area contributed by atoms with Crippen molar-refractivity contribution in [3.05, 3.63) is 48.8 Å². The number of hydrogen-bond acceptors (Lipinski definition) is 6. The van der Waals surface area contributed by atoms with Gasteiger partial charge in [0.15, 0.2) is 5.82 Å². The van der Waals surface area contributed by atoms with E-state index in [4.69, 9.17) is 4.98 Å². The smallest absolute Gasteiger partial charge is 0.153 e. The molecule has 0 amide bonds. The van der Waals surface area contributed by atoms with Gasteiger partial charge in [0, 0.05) is 57.3 Å². The second kappa shape index (κ2) is 6.90. The van der Waals surface area contributed by atoms with Crippen LogP contribution in [0.2, 0.25) is 0 Å². The molecule has 3 aromatic rings. The SMILES string of the molecule is Cn1ccc(Nc2cc(-c3cccc(N4CCNCC4)n3)ccn2)n1. The minimum Gasteiger partial charge on any atom is -0.354 e. The summed E-state index contributed by atoms with van der Waals surface area (Å²) in [5, 5.41) is 10.9. The molecule has 1 saturated heterocycles. The monoisotopic (exact) mass is 335 g/mol. The summed E-state index contributed by atoms with van der Waals surface area (Å²) in [6.07, 6.45) is 3.68. The van der Waals surface area contributed by atoms with E-state index >= 15 is 0 Å². The number of aryl methyl sites for hydroxylation is 1. The van der Waals surface area contributed by atoms with Crippen molar-refractivity contribution in [3.8, 4) is 11.3 Å². The summed E-state index contributed by atoms with van der Waals surface area (Å²) in [6.45, 7) is 3.97. The van der Waals surface area contributed by atoms with Crippen LogP contribution in [-0.2, 0) is 7.05 Å². The van der Waals surface area contributed by atoms with Crippen LogP contribution in [0.4, 0.5) is 17.5 Å². The van der Waals surface area contributed by atoms with Gasteiger partial charge in [-0.1, -0.05) is 6.07 Å². The third-order valence-corrected chi connectivity index (χ3v) is 4.20. The molecular weight excluding hydrogens is 314 g/mol. The lowest BCUT2D eigenvalue weighted by Gasteiger charge is -2.28. The standard InChI is InChI=1S/C18H21N7/c1-24-10-6-16(23-24)22-17-13-14(5-7-20-17)15-3-2-4-18(21-15)25-11-8-19-9-12-25/h2-7,10,13,19H,8-9,11-12H2,1H3,(H,20,22,23). The Morgan fingerprint density at radius 1 is 1.08 bits per heavy atom. The van der Waals surface area contributed by atoms with Crippen LogP contribution in [0.3, 0.4) is 0 Å². The maximum Gasteiger partial charge on any atom is 0.153 e. The number of nitrogens with zero attached hydrogens (tertiary/aromatic N) is 5. The van der Waals surface area contributed by atoms with Crippen LogP contribution in [-0.4, -0.2) is 45.9 Å². The molecule has 0 aromatic carbocycles. The van der Waals surface area contributed by atoms with Crippen molar-refractivity contribution in [3.63, 3.8) is 0 Å². The summed E-state index contributed by atoms with van der Waals surface area (Å²) in [5.74, 6) is 2.55. The largest absolute Gasteiger partial charge is 0.354 e. The van der Waals surface area contributed by atoms with E-state index in [-0.39, 0.29) is 0 Å². The Hall–Kier alpha value is -2.93. The molecule has 2 N–H and O–H groups in total. The zero-order chi connectivity index (χ0) is 17.1. The van der Waals surface area contributed by atoms with Crippen LogP contribution in [0.5, 0.6) is 0 Å². The van der Waals surface area contributed by atoms with Crippen LogP contribution in [0.15, 0.2) is 48.8 Å². The fraction of sp³-hybridized carbons (Fsp3) is 0.278. The van der Waals surface area contributed by atoms with Gasteiger partial charge in [-0.25, -0.2) is 9.97 Å². The number of nitrogens with one attached hydrogen (secondary N) is 2. The lowest BCUT2D eigenvalue weighted by Crippen LogP contribution is -2.43. The lowest BCUT2D eigenvalue weighted by molar-refractivity contribution is 0.585. The molecule has 7 nitrogen and oxygen atoms in total. The maximum atomic E-state index is 4.84. The predicted octanol–water partition coefficient (Wildman–Crippen LogP) is 2.03. The Labute approximate surface area is 146 Å². The third kappa shape index (κ3) is 3.61. The minimum atomic E-state index is 0.755. The number of aromatic nitrogens is 4. The summed E-state index contributed by atoms with van der Waals surface area (Å²) in [4.78, 5) is 11.5. The van der Waals surface area contributed by atoms with Gasteiger partial charge in [-0.2, -0.15) is 5.10 Å². The van der Waals surface area contributed by atoms with E-state index in [0.29, 0.717) is 0 Å². The zero-order valence-corrected chi connectivity index (χ0v) is 14.2. The first-order valence-electron chi connectivity index (χ1n) is 8.44. The third-order valence-electron chi connectivity index (χ3n) is 4.20. The van der Waals surface area contributed by atoms with E-state index in [9.17, 15) is 0 Å². The van der Waals surface area contributed by atoms with Crippen molar-refractivity contribution in [2.75, 3.05) is 36.4 Å². The van der Waals surface area contributed by atoms with Gasteiger partial charge < -0.3 is 15.5 Å². The summed E-state index contributed by atoms with van der Waals surface area (Å²) < 4.78 is 1.75. The average molecular weight is 335 g/mol. The Morgan fingerprint density at radius 3 is 2.76 bits per heavy atom. The molecule has 4 rings (SSSR count). The molecule has 4 heterocycles. The van der Waals surface area contributed by atoms with Crippen molar-refractivity contribution in [2.45, 2.75) is 0 Å². The van der Waals surface area contributed by atoms with E-state index in [1.807, 2.05) is 37.5 Å². The first-order chi connectivity index (χ1) is 12.3. The van der Waals surface area contributed by atoms with Crippen LogP contribution in [0, 0.1) is 0 Å². The molecule has 0 bridgehead atoms. The van der Waals surface area contributed by atoms with Crippen LogP contribution in [0.25, 0.3) is 11.3 Å². The summed E-state index contributed by atoms with van der Waals surface area (Å²) >= 11 is 0. The van der Waals surface area contributed by atoms with Crippen molar-refractivity contribution in [1.29, 1.82) is 0 Å². The molecule has 1 aliphatic rings. The number of rotatable bonds is 4. The van der Waals surface area contributed by atoms with Gasteiger partial charge in [-0.3, -0.25) is 4.68 Å².